The molecule has 1 aromatic carbocycles. The summed E-state index contributed by atoms with van der Waals surface area (Å²) in [5.41, 5.74) is -1.83. The van der Waals surface area contributed by atoms with E-state index in [1.54, 1.807) is 0 Å². The number of nitrogens with zero attached hydrogens (tertiary/aromatic N) is 1. The monoisotopic (exact) mass is 309 g/mol. The first kappa shape index (κ1) is 14.3. The molecule has 0 unspecified atom stereocenters. The number of halogens is 5. The lowest BCUT2D eigenvalue weighted by molar-refractivity contribution is -0.139. The van der Waals surface area contributed by atoms with Gasteiger partial charge in [0.1, 0.15) is 16.5 Å². The van der Waals surface area contributed by atoms with Crippen molar-refractivity contribution in [2.75, 3.05) is 0 Å². The van der Waals surface area contributed by atoms with Gasteiger partial charge in [-0.15, -0.1) is 0 Å². The quantitative estimate of drug-likeness (QED) is 0.856. The first-order valence-corrected chi connectivity index (χ1v) is 5.35. The molecule has 0 radical (unpaired) electrons. The third-order valence-corrected chi connectivity index (χ3v) is 2.73. The molecule has 20 heavy (non-hydrogen) atoms. The number of rotatable bonds is 2. The molecule has 0 atom stereocenters. The molecule has 0 fully saturated rings. The summed E-state index contributed by atoms with van der Waals surface area (Å²) in [6, 6.07) is 1.98. The van der Waals surface area contributed by atoms with Gasteiger partial charge in [0.15, 0.2) is 0 Å². The number of aromatic carboxylic acids is 1. The van der Waals surface area contributed by atoms with Gasteiger partial charge in [-0.1, -0.05) is 22.8 Å². The van der Waals surface area contributed by atoms with E-state index in [-0.39, 0.29) is 11.3 Å². The minimum atomic E-state index is -4.83. The average Bonchev–Trinajstić information content (AvgIpc) is 2.69. The Bertz CT molecular complexity index is 681. The highest BCUT2D eigenvalue weighted by molar-refractivity contribution is 6.35. The van der Waals surface area contributed by atoms with E-state index in [9.17, 15) is 22.4 Å². The van der Waals surface area contributed by atoms with Crippen LogP contribution in [0, 0.1) is 5.82 Å². The third kappa shape index (κ3) is 2.46. The maximum Gasteiger partial charge on any atom is 0.419 e. The first-order chi connectivity index (χ1) is 9.21. The number of hydrogen-bond donors (Lipinski definition) is 1. The summed E-state index contributed by atoms with van der Waals surface area (Å²) in [6.07, 6.45) is -4.83. The van der Waals surface area contributed by atoms with Crippen LogP contribution in [0.15, 0.2) is 22.7 Å². The molecule has 1 aromatic heterocycles. The van der Waals surface area contributed by atoms with Gasteiger partial charge in [0.2, 0.25) is 0 Å². The van der Waals surface area contributed by atoms with Crippen LogP contribution in [-0.2, 0) is 6.18 Å². The maximum absolute atomic E-state index is 13.4. The maximum atomic E-state index is 13.4. The minimum Gasteiger partial charge on any atom is -0.475 e. The number of aromatic nitrogens is 1. The molecule has 106 valence electrons. The Morgan fingerprint density at radius 1 is 1.35 bits per heavy atom. The molecular weight excluding hydrogens is 306 g/mol. The van der Waals surface area contributed by atoms with Crippen molar-refractivity contribution in [2.45, 2.75) is 6.18 Å². The molecule has 2 rings (SSSR count). The van der Waals surface area contributed by atoms with E-state index in [4.69, 9.17) is 16.7 Å². The van der Waals surface area contributed by atoms with Gasteiger partial charge in [-0.25, -0.2) is 9.18 Å². The van der Waals surface area contributed by atoms with Crippen molar-refractivity contribution in [1.29, 1.82) is 0 Å². The van der Waals surface area contributed by atoms with E-state index in [2.05, 4.69) is 9.68 Å². The van der Waals surface area contributed by atoms with Crippen molar-refractivity contribution >= 4 is 17.6 Å². The van der Waals surface area contributed by atoms with Gasteiger partial charge in [-0.05, 0) is 12.1 Å². The summed E-state index contributed by atoms with van der Waals surface area (Å²) in [7, 11) is 0. The molecule has 1 heterocycles. The SMILES string of the molecule is O=C(O)c1onc(-c2ccc(C(F)(F)F)c(F)c2)c1Cl. The Hall–Kier alpha value is -2.09. The number of carboxylic acids is 1. The molecule has 0 aliphatic carbocycles. The third-order valence-electron chi connectivity index (χ3n) is 2.38. The number of carbonyl (C=O) groups is 1. The second-order valence-electron chi connectivity index (χ2n) is 3.67. The number of carboxylic acid groups (broad SMARTS) is 1. The van der Waals surface area contributed by atoms with Crippen molar-refractivity contribution < 1.29 is 32.0 Å². The van der Waals surface area contributed by atoms with E-state index in [1.807, 2.05) is 0 Å². The van der Waals surface area contributed by atoms with E-state index < -0.39 is 34.3 Å². The second-order valence-corrected chi connectivity index (χ2v) is 4.05. The number of benzene rings is 1. The minimum absolute atomic E-state index is 0.128. The summed E-state index contributed by atoms with van der Waals surface area (Å²) in [5.74, 6) is -3.70. The normalized spacial score (nSPS) is 11.7. The Labute approximate surface area is 113 Å². The molecule has 0 saturated carbocycles. The first-order valence-electron chi connectivity index (χ1n) is 4.97. The topological polar surface area (TPSA) is 63.3 Å². The molecule has 1 N–H and O–H groups in total. The van der Waals surface area contributed by atoms with Gasteiger partial charge in [0.25, 0.3) is 5.76 Å². The summed E-state index contributed by atoms with van der Waals surface area (Å²) in [5, 5.41) is 11.6. The van der Waals surface area contributed by atoms with Gasteiger partial charge in [-0.2, -0.15) is 13.2 Å². The van der Waals surface area contributed by atoms with Crippen molar-refractivity contribution in [3.8, 4) is 11.3 Å². The van der Waals surface area contributed by atoms with Gasteiger partial charge in [0.05, 0.1) is 5.56 Å². The fourth-order valence-corrected chi connectivity index (χ4v) is 1.74. The van der Waals surface area contributed by atoms with E-state index >= 15 is 0 Å². The van der Waals surface area contributed by atoms with Crippen LogP contribution in [0.2, 0.25) is 5.02 Å². The summed E-state index contributed by atoms with van der Waals surface area (Å²) in [4.78, 5) is 10.7. The van der Waals surface area contributed by atoms with Crippen LogP contribution in [-0.4, -0.2) is 16.2 Å². The van der Waals surface area contributed by atoms with Crippen molar-refractivity contribution in [2.24, 2.45) is 0 Å². The summed E-state index contributed by atoms with van der Waals surface area (Å²) >= 11 is 5.65. The lowest BCUT2D eigenvalue weighted by Crippen LogP contribution is -2.07. The highest BCUT2D eigenvalue weighted by atomic mass is 35.5. The van der Waals surface area contributed by atoms with Crippen LogP contribution in [0.1, 0.15) is 16.1 Å². The van der Waals surface area contributed by atoms with E-state index in [0.717, 1.165) is 6.07 Å². The molecule has 0 amide bonds. The van der Waals surface area contributed by atoms with Crippen LogP contribution in [0.3, 0.4) is 0 Å². The molecule has 0 aliphatic heterocycles. The summed E-state index contributed by atoms with van der Waals surface area (Å²) in [6.45, 7) is 0. The molecular formula is C11H4ClF4NO3. The highest BCUT2D eigenvalue weighted by Gasteiger charge is 2.34. The highest BCUT2D eigenvalue weighted by Crippen LogP contribution is 2.35. The fraction of sp³-hybridized carbons (Fsp3) is 0.0909. The second kappa shape index (κ2) is 4.78. The van der Waals surface area contributed by atoms with Crippen LogP contribution < -0.4 is 0 Å². The van der Waals surface area contributed by atoms with E-state index in [1.165, 1.54) is 0 Å². The van der Waals surface area contributed by atoms with Crippen molar-refractivity contribution in [3.05, 3.63) is 40.4 Å². The van der Waals surface area contributed by atoms with Crippen molar-refractivity contribution in [3.63, 3.8) is 0 Å². The van der Waals surface area contributed by atoms with Gasteiger partial charge >= 0.3 is 12.1 Å². The Balaban J connectivity index is 2.50. The predicted octanol–water partition coefficient (Wildman–Crippen LogP) is 3.85. The van der Waals surface area contributed by atoms with Gasteiger partial charge in [-0.3, -0.25) is 0 Å². The Morgan fingerprint density at radius 3 is 2.45 bits per heavy atom. The van der Waals surface area contributed by atoms with Crippen molar-refractivity contribution in [1.82, 2.24) is 5.16 Å². The zero-order valence-electron chi connectivity index (χ0n) is 9.33. The Kier molecular flexibility index (Phi) is 3.43. The van der Waals surface area contributed by atoms with E-state index in [0.29, 0.717) is 12.1 Å². The lowest BCUT2D eigenvalue weighted by atomic mass is 10.1. The molecule has 0 spiro atoms. The lowest BCUT2D eigenvalue weighted by Gasteiger charge is -2.08. The van der Waals surface area contributed by atoms with Gasteiger partial charge in [0, 0.05) is 5.56 Å². The zero-order valence-corrected chi connectivity index (χ0v) is 10.1. The average molecular weight is 310 g/mol. The number of hydrogen-bond acceptors (Lipinski definition) is 3. The Morgan fingerprint density at radius 2 is 2.00 bits per heavy atom. The molecule has 4 nitrogen and oxygen atoms in total. The largest absolute Gasteiger partial charge is 0.475 e. The standard InChI is InChI=1S/C11H4ClF4NO3/c12-7-8(17-20-9(7)10(18)19)4-1-2-5(6(13)3-4)11(14,15)16/h1-3H,(H,18,19). The fourth-order valence-electron chi connectivity index (χ4n) is 1.48. The zero-order chi connectivity index (χ0) is 15.1. The van der Waals surface area contributed by atoms with Crippen LogP contribution in [0.25, 0.3) is 11.3 Å². The molecule has 0 bridgehead atoms. The van der Waals surface area contributed by atoms with Crippen LogP contribution in [0.4, 0.5) is 17.6 Å². The molecule has 0 saturated heterocycles. The smallest absolute Gasteiger partial charge is 0.419 e. The molecule has 2 aromatic rings. The molecule has 9 heteroatoms. The molecule has 0 aliphatic rings. The predicted molar refractivity (Wildman–Crippen MR) is 58.9 cm³/mol. The van der Waals surface area contributed by atoms with Crippen LogP contribution in [0.5, 0.6) is 0 Å². The van der Waals surface area contributed by atoms with Crippen LogP contribution >= 0.6 is 11.6 Å². The van der Waals surface area contributed by atoms with Gasteiger partial charge < -0.3 is 9.63 Å². The number of alkyl halides is 3. The summed E-state index contributed by atoms with van der Waals surface area (Å²) < 4.78 is 55.0.